The summed E-state index contributed by atoms with van der Waals surface area (Å²) in [6.07, 6.45) is -0.0717. The fourth-order valence-corrected chi connectivity index (χ4v) is 4.12. The Balaban J connectivity index is 2.40. The summed E-state index contributed by atoms with van der Waals surface area (Å²) in [5, 5.41) is 0. The Kier molecular flexibility index (Phi) is 3.75. The standard InChI is InChI=1S/C13H19NO3S/c1-10-6-4-5-7-13(10)18(15,16)14-8-9-17-12(3)11(14)2/h4-7,11-12H,8-9H2,1-3H3. The second-order valence-corrected chi connectivity index (χ2v) is 6.56. The van der Waals surface area contributed by atoms with Crippen LogP contribution in [0.25, 0.3) is 0 Å². The number of hydrogen-bond donors (Lipinski definition) is 0. The van der Waals surface area contributed by atoms with Crippen LogP contribution < -0.4 is 0 Å². The van der Waals surface area contributed by atoms with E-state index in [0.29, 0.717) is 18.0 Å². The molecule has 0 spiro atoms. The van der Waals surface area contributed by atoms with Crippen LogP contribution in [0.5, 0.6) is 0 Å². The number of benzene rings is 1. The van der Waals surface area contributed by atoms with Crippen LogP contribution in [0.1, 0.15) is 19.4 Å². The predicted molar refractivity (Wildman–Crippen MR) is 69.9 cm³/mol. The second-order valence-electron chi connectivity index (χ2n) is 4.70. The van der Waals surface area contributed by atoms with Crippen molar-refractivity contribution in [3.05, 3.63) is 29.8 Å². The van der Waals surface area contributed by atoms with Crippen molar-refractivity contribution in [1.82, 2.24) is 4.31 Å². The van der Waals surface area contributed by atoms with Gasteiger partial charge in [0, 0.05) is 12.6 Å². The van der Waals surface area contributed by atoms with Crippen LogP contribution in [0.15, 0.2) is 29.2 Å². The first-order valence-corrected chi connectivity index (χ1v) is 7.57. The van der Waals surface area contributed by atoms with E-state index < -0.39 is 10.0 Å². The molecule has 0 aromatic heterocycles. The maximum absolute atomic E-state index is 12.6. The molecule has 5 heteroatoms. The van der Waals surface area contributed by atoms with Gasteiger partial charge in [-0.05, 0) is 32.4 Å². The van der Waals surface area contributed by atoms with Gasteiger partial charge in [-0.15, -0.1) is 0 Å². The van der Waals surface area contributed by atoms with Gasteiger partial charge < -0.3 is 4.74 Å². The number of aryl methyl sites for hydroxylation is 1. The highest BCUT2D eigenvalue weighted by atomic mass is 32.2. The fraction of sp³-hybridized carbons (Fsp3) is 0.538. The summed E-state index contributed by atoms with van der Waals surface area (Å²) < 4.78 is 32.3. The van der Waals surface area contributed by atoms with Crippen LogP contribution in [0.3, 0.4) is 0 Å². The minimum absolute atomic E-state index is 0.0717. The highest BCUT2D eigenvalue weighted by Gasteiger charge is 2.35. The average molecular weight is 269 g/mol. The van der Waals surface area contributed by atoms with Gasteiger partial charge in [0.1, 0.15) is 0 Å². The maximum Gasteiger partial charge on any atom is 0.243 e. The van der Waals surface area contributed by atoms with Gasteiger partial charge in [-0.1, -0.05) is 18.2 Å². The molecule has 0 radical (unpaired) electrons. The summed E-state index contributed by atoms with van der Waals surface area (Å²) in [5.41, 5.74) is 0.781. The molecule has 0 saturated carbocycles. The number of ether oxygens (including phenoxy) is 1. The Labute approximate surface area is 109 Å². The number of rotatable bonds is 2. The van der Waals surface area contributed by atoms with Gasteiger partial charge in [-0.25, -0.2) is 8.42 Å². The Morgan fingerprint density at radius 3 is 2.61 bits per heavy atom. The van der Waals surface area contributed by atoms with Crippen molar-refractivity contribution < 1.29 is 13.2 Å². The zero-order valence-corrected chi connectivity index (χ0v) is 11.8. The first kappa shape index (κ1) is 13.5. The molecule has 2 rings (SSSR count). The first-order chi connectivity index (χ1) is 8.44. The molecule has 1 fully saturated rings. The number of sulfonamides is 1. The van der Waals surface area contributed by atoms with Crippen molar-refractivity contribution >= 4 is 10.0 Å². The summed E-state index contributed by atoms with van der Waals surface area (Å²) in [6.45, 7) is 6.49. The summed E-state index contributed by atoms with van der Waals surface area (Å²) in [7, 11) is -3.42. The minimum Gasteiger partial charge on any atom is -0.375 e. The van der Waals surface area contributed by atoms with Crippen LogP contribution >= 0.6 is 0 Å². The molecular formula is C13H19NO3S. The third-order valence-corrected chi connectivity index (χ3v) is 5.65. The zero-order valence-electron chi connectivity index (χ0n) is 11.0. The van der Waals surface area contributed by atoms with Crippen molar-refractivity contribution in [2.24, 2.45) is 0 Å². The van der Waals surface area contributed by atoms with Crippen LogP contribution in [0, 0.1) is 6.92 Å². The molecule has 4 nitrogen and oxygen atoms in total. The monoisotopic (exact) mass is 269 g/mol. The molecule has 18 heavy (non-hydrogen) atoms. The molecule has 0 N–H and O–H groups in total. The van der Waals surface area contributed by atoms with Crippen molar-refractivity contribution in [3.8, 4) is 0 Å². The van der Waals surface area contributed by atoms with Crippen molar-refractivity contribution in [3.63, 3.8) is 0 Å². The van der Waals surface area contributed by atoms with Crippen molar-refractivity contribution in [2.45, 2.75) is 37.8 Å². The third kappa shape index (κ3) is 2.30. The number of nitrogens with zero attached hydrogens (tertiary/aromatic N) is 1. The molecule has 2 unspecified atom stereocenters. The molecule has 1 aromatic rings. The van der Waals surface area contributed by atoms with E-state index in [-0.39, 0.29) is 12.1 Å². The summed E-state index contributed by atoms with van der Waals surface area (Å²) in [6, 6.07) is 6.95. The van der Waals surface area contributed by atoms with Crippen LogP contribution in [0.2, 0.25) is 0 Å². The molecule has 0 amide bonds. The summed E-state index contributed by atoms with van der Waals surface area (Å²) >= 11 is 0. The lowest BCUT2D eigenvalue weighted by Gasteiger charge is -2.36. The Morgan fingerprint density at radius 1 is 1.28 bits per heavy atom. The predicted octanol–water partition coefficient (Wildman–Crippen LogP) is 1.79. The van der Waals surface area contributed by atoms with E-state index in [1.54, 1.807) is 16.4 Å². The number of morpholine rings is 1. The first-order valence-electron chi connectivity index (χ1n) is 6.13. The second kappa shape index (κ2) is 4.99. The molecular weight excluding hydrogens is 250 g/mol. The SMILES string of the molecule is Cc1ccccc1S(=O)(=O)N1CCOC(C)C1C. The lowest BCUT2D eigenvalue weighted by atomic mass is 10.2. The largest absolute Gasteiger partial charge is 0.375 e. The Bertz CT molecular complexity index is 527. The molecule has 1 saturated heterocycles. The van der Waals surface area contributed by atoms with Gasteiger partial charge in [0.05, 0.1) is 17.6 Å². The maximum atomic E-state index is 12.6. The van der Waals surface area contributed by atoms with Gasteiger partial charge in [0.25, 0.3) is 0 Å². The smallest absolute Gasteiger partial charge is 0.243 e. The Hall–Kier alpha value is -0.910. The van der Waals surface area contributed by atoms with Gasteiger partial charge in [-0.2, -0.15) is 4.31 Å². The van der Waals surface area contributed by atoms with Gasteiger partial charge in [0.2, 0.25) is 10.0 Å². The van der Waals surface area contributed by atoms with E-state index in [1.165, 1.54) is 0 Å². The van der Waals surface area contributed by atoms with E-state index >= 15 is 0 Å². The lowest BCUT2D eigenvalue weighted by molar-refractivity contribution is -0.0232. The average Bonchev–Trinajstić information content (AvgIpc) is 2.32. The van der Waals surface area contributed by atoms with E-state index in [9.17, 15) is 8.42 Å². The van der Waals surface area contributed by atoms with E-state index in [4.69, 9.17) is 4.74 Å². The summed E-state index contributed by atoms with van der Waals surface area (Å²) in [4.78, 5) is 0.394. The third-order valence-electron chi connectivity index (χ3n) is 3.51. The molecule has 1 aliphatic rings. The van der Waals surface area contributed by atoms with Crippen molar-refractivity contribution in [1.29, 1.82) is 0 Å². The zero-order chi connectivity index (χ0) is 13.3. The van der Waals surface area contributed by atoms with E-state index in [2.05, 4.69) is 0 Å². The topological polar surface area (TPSA) is 46.6 Å². The normalized spacial score (nSPS) is 26.2. The number of hydrogen-bond acceptors (Lipinski definition) is 3. The quantitative estimate of drug-likeness (QED) is 0.822. The lowest BCUT2D eigenvalue weighted by Crippen LogP contribution is -2.51. The molecule has 1 aliphatic heterocycles. The molecule has 1 aromatic carbocycles. The van der Waals surface area contributed by atoms with Gasteiger partial charge >= 0.3 is 0 Å². The van der Waals surface area contributed by atoms with Gasteiger partial charge in [-0.3, -0.25) is 0 Å². The summed E-state index contributed by atoms with van der Waals surface area (Å²) in [5.74, 6) is 0. The van der Waals surface area contributed by atoms with Crippen LogP contribution in [-0.2, 0) is 14.8 Å². The van der Waals surface area contributed by atoms with Gasteiger partial charge in [0.15, 0.2) is 0 Å². The van der Waals surface area contributed by atoms with Crippen molar-refractivity contribution in [2.75, 3.05) is 13.2 Å². The van der Waals surface area contributed by atoms with Crippen LogP contribution in [-0.4, -0.2) is 38.0 Å². The molecule has 0 bridgehead atoms. The van der Waals surface area contributed by atoms with Crippen LogP contribution in [0.4, 0.5) is 0 Å². The fourth-order valence-electron chi connectivity index (χ4n) is 2.22. The van der Waals surface area contributed by atoms with E-state index in [1.807, 2.05) is 32.9 Å². The molecule has 2 atom stereocenters. The highest BCUT2D eigenvalue weighted by Crippen LogP contribution is 2.25. The van der Waals surface area contributed by atoms with E-state index in [0.717, 1.165) is 5.56 Å². The Morgan fingerprint density at radius 2 is 1.94 bits per heavy atom. The molecule has 0 aliphatic carbocycles. The molecule has 1 heterocycles. The highest BCUT2D eigenvalue weighted by molar-refractivity contribution is 7.89. The molecule has 100 valence electrons. The minimum atomic E-state index is -3.42.